The van der Waals surface area contributed by atoms with Gasteiger partial charge in [-0.05, 0) is 24.3 Å². The van der Waals surface area contributed by atoms with Crippen molar-refractivity contribution in [3.05, 3.63) is 59.3 Å². The Bertz CT molecular complexity index is 1000. The molecular weight excluding hydrogens is 290 g/mol. The Labute approximate surface area is 131 Å². The van der Waals surface area contributed by atoms with Crippen LogP contribution in [0.3, 0.4) is 0 Å². The van der Waals surface area contributed by atoms with E-state index in [4.69, 9.17) is 4.74 Å². The van der Waals surface area contributed by atoms with Crippen molar-refractivity contribution in [3.8, 4) is 5.75 Å². The summed E-state index contributed by atoms with van der Waals surface area (Å²) in [6.45, 7) is 0. The van der Waals surface area contributed by atoms with Crippen LogP contribution in [0.2, 0.25) is 0 Å². The van der Waals surface area contributed by atoms with Crippen LogP contribution >= 0.6 is 0 Å². The van der Waals surface area contributed by atoms with Gasteiger partial charge in [-0.25, -0.2) is 15.0 Å². The van der Waals surface area contributed by atoms with Crippen LogP contribution in [0.4, 0.5) is 11.5 Å². The standard InChI is InChI=1S/C17H11N5O/c1-3-12-11-13(4-1)23-10-9-18-7-8-19-16-14-5-2-6-15(14)21-17(20-12)22-16/h1-11H. The molecule has 0 fully saturated rings. The predicted molar refractivity (Wildman–Crippen MR) is 88.8 cm³/mol. The second-order valence-corrected chi connectivity index (χ2v) is 4.76. The maximum atomic E-state index is 5.46. The number of nitrogens with zero attached hydrogens (tertiary/aromatic N) is 5. The average Bonchev–Trinajstić information content (AvgIpc) is 3.02. The van der Waals surface area contributed by atoms with Crippen LogP contribution in [-0.4, -0.2) is 22.4 Å². The van der Waals surface area contributed by atoms with Crippen molar-refractivity contribution in [3.63, 3.8) is 0 Å². The first kappa shape index (κ1) is 13.3. The van der Waals surface area contributed by atoms with E-state index in [9.17, 15) is 0 Å². The van der Waals surface area contributed by atoms with Gasteiger partial charge in [-0.15, -0.1) is 0 Å². The van der Waals surface area contributed by atoms with Crippen molar-refractivity contribution in [2.75, 3.05) is 0 Å². The maximum absolute atomic E-state index is 5.46. The molecule has 1 aliphatic heterocycles. The van der Waals surface area contributed by atoms with Crippen molar-refractivity contribution < 1.29 is 4.74 Å². The Morgan fingerprint density at radius 2 is 2.04 bits per heavy atom. The summed E-state index contributed by atoms with van der Waals surface area (Å²) in [5.41, 5.74) is 1.87. The number of allylic oxidation sites excluding steroid dienone is 1. The maximum Gasteiger partial charge on any atom is 0.252 e. The van der Waals surface area contributed by atoms with Crippen LogP contribution < -0.4 is 15.6 Å². The van der Waals surface area contributed by atoms with Crippen molar-refractivity contribution in [2.24, 2.45) is 15.0 Å². The van der Waals surface area contributed by atoms with Crippen LogP contribution in [0.1, 0.15) is 5.69 Å². The molecule has 1 aromatic heterocycles. The summed E-state index contributed by atoms with van der Waals surface area (Å²) >= 11 is 0. The van der Waals surface area contributed by atoms with Gasteiger partial charge in [-0.3, -0.25) is 4.99 Å². The topological polar surface area (TPSA) is 72.1 Å². The van der Waals surface area contributed by atoms with E-state index >= 15 is 0 Å². The lowest BCUT2D eigenvalue weighted by Gasteiger charge is -2.01. The number of hydrogen-bond donors (Lipinski definition) is 0. The molecule has 1 aromatic carbocycles. The number of ether oxygens (including phenoxy) is 1. The smallest absolute Gasteiger partial charge is 0.252 e. The van der Waals surface area contributed by atoms with Crippen molar-refractivity contribution in [1.29, 1.82) is 0 Å². The van der Waals surface area contributed by atoms with Gasteiger partial charge in [0.25, 0.3) is 5.62 Å². The lowest BCUT2D eigenvalue weighted by Crippen LogP contribution is -2.21. The molecule has 2 heterocycles. The molecule has 4 rings (SSSR count). The van der Waals surface area contributed by atoms with Gasteiger partial charge in [0.1, 0.15) is 12.0 Å². The highest BCUT2D eigenvalue weighted by molar-refractivity contribution is 6.16. The molecular formula is C17H11N5O. The van der Waals surface area contributed by atoms with Crippen molar-refractivity contribution >= 4 is 36.1 Å². The van der Waals surface area contributed by atoms with Gasteiger partial charge in [0.15, 0.2) is 5.82 Å². The molecule has 0 radical (unpaired) electrons. The monoisotopic (exact) mass is 301 g/mol. The number of rotatable bonds is 0. The molecule has 2 aromatic rings. The fraction of sp³-hybridized carbons (Fsp3) is 0. The minimum absolute atomic E-state index is 0.359. The zero-order valence-corrected chi connectivity index (χ0v) is 12.0. The van der Waals surface area contributed by atoms with Gasteiger partial charge in [0.05, 0.1) is 17.6 Å². The fourth-order valence-electron chi connectivity index (χ4n) is 2.21. The lowest BCUT2D eigenvalue weighted by molar-refractivity contribution is 0.480. The van der Waals surface area contributed by atoms with Gasteiger partial charge in [-0.1, -0.05) is 12.1 Å². The molecule has 6 heteroatoms. The third-order valence-corrected chi connectivity index (χ3v) is 3.21. The van der Waals surface area contributed by atoms with Crippen LogP contribution in [0.25, 0.3) is 12.2 Å². The lowest BCUT2D eigenvalue weighted by atomic mass is 10.3. The molecule has 0 unspecified atom stereocenters. The molecule has 0 saturated carbocycles. The van der Waals surface area contributed by atoms with Crippen LogP contribution in [0.5, 0.6) is 5.75 Å². The summed E-state index contributed by atoms with van der Waals surface area (Å²) in [7, 11) is 0. The Morgan fingerprint density at radius 3 is 3.04 bits per heavy atom. The molecule has 0 amide bonds. The van der Waals surface area contributed by atoms with Crippen molar-refractivity contribution in [2.45, 2.75) is 0 Å². The third-order valence-electron chi connectivity index (χ3n) is 3.21. The van der Waals surface area contributed by atoms with Crippen LogP contribution in [0.15, 0.2) is 57.8 Å². The normalized spacial score (nSPS) is 14.4. The number of fused-ring (bicyclic) bond motifs is 6. The fourth-order valence-corrected chi connectivity index (χ4v) is 2.21. The molecule has 0 N–H and O–H groups in total. The Kier molecular flexibility index (Phi) is 3.32. The number of aromatic nitrogens is 2. The molecule has 0 atom stereocenters. The van der Waals surface area contributed by atoms with E-state index in [2.05, 4.69) is 24.9 Å². The molecule has 4 bridgehead atoms. The Morgan fingerprint density at radius 1 is 1.04 bits per heavy atom. The number of hydrogen-bond acceptors (Lipinski definition) is 6. The van der Waals surface area contributed by atoms with E-state index in [0.29, 0.717) is 22.9 Å². The molecule has 2 aliphatic rings. The highest BCUT2D eigenvalue weighted by Gasteiger charge is 2.06. The summed E-state index contributed by atoms with van der Waals surface area (Å²) in [4.78, 5) is 21.7. The molecule has 23 heavy (non-hydrogen) atoms. The van der Waals surface area contributed by atoms with Crippen molar-refractivity contribution in [1.82, 2.24) is 9.97 Å². The van der Waals surface area contributed by atoms with Gasteiger partial charge >= 0.3 is 0 Å². The molecule has 0 saturated heterocycles. The van der Waals surface area contributed by atoms with E-state index in [1.165, 1.54) is 6.26 Å². The zero-order chi connectivity index (χ0) is 15.5. The molecule has 0 spiro atoms. The van der Waals surface area contributed by atoms with Gasteiger partial charge in [-0.2, -0.15) is 4.98 Å². The Hall–Kier alpha value is -3.41. The molecule has 1 aliphatic carbocycles. The summed E-state index contributed by atoms with van der Waals surface area (Å²) in [5.74, 6) is 1.23. The third kappa shape index (κ3) is 2.82. The first-order valence-corrected chi connectivity index (χ1v) is 7.01. The van der Waals surface area contributed by atoms with E-state index in [1.54, 1.807) is 24.7 Å². The summed E-state index contributed by atoms with van der Waals surface area (Å²) in [6, 6.07) is 7.37. The van der Waals surface area contributed by atoms with E-state index in [0.717, 1.165) is 10.9 Å². The zero-order valence-electron chi connectivity index (χ0n) is 12.0. The highest BCUT2D eigenvalue weighted by atomic mass is 16.5. The van der Waals surface area contributed by atoms with Gasteiger partial charge in [0, 0.05) is 23.7 Å². The average molecular weight is 301 g/mol. The number of benzene rings is 1. The van der Waals surface area contributed by atoms with E-state index < -0.39 is 0 Å². The SMILES string of the molecule is C1=Cc2nc3nc(c2=C1)N=CC=NC=COc1cccc(c1)N=3. The van der Waals surface area contributed by atoms with Crippen LogP contribution in [0, 0.1) is 0 Å². The van der Waals surface area contributed by atoms with Gasteiger partial charge < -0.3 is 4.74 Å². The summed E-state index contributed by atoms with van der Waals surface area (Å²) in [6.07, 6.45) is 12.0. The Balaban J connectivity index is 1.95. The molecule has 6 nitrogen and oxygen atoms in total. The highest BCUT2D eigenvalue weighted by Crippen LogP contribution is 2.19. The summed E-state index contributed by atoms with van der Waals surface area (Å²) in [5, 5.41) is 0.883. The number of aliphatic imine (C=N–C) groups is 2. The minimum atomic E-state index is 0.359. The largest absolute Gasteiger partial charge is 0.463 e. The van der Waals surface area contributed by atoms with E-state index in [1.807, 2.05) is 36.4 Å². The first-order valence-electron chi connectivity index (χ1n) is 7.01. The minimum Gasteiger partial charge on any atom is -0.463 e. The van der Waals surface area contributed by atoms with E-state index in [-0.39, 0.29) is 0 Å². The van der Waals surface area contributed by atoms with Gasteiger partial charge in [0.2, 0.25) is 0 Å². The predicted octanol–water partition coefficient (Wildman–Crippen LogP) is 1.87. The second-order valence-electron chi connectivity index (χ2n) is 4.76. The first-order chi connectivity index (χ1) is 11.4. The second kappa shape index (κ2) is 5.76. The van der Waals surface area contributed by atoms with Crippen LogP contribution in [-0.2, 0) is 0 Å². The summed E-state index contributed by atoms with van der Waals surface area (Å²) < 4.78 is 5.46. The quantitative estimate of drug-likeness (QED) is 0.745. The molecule has 110 valence electrons.